The lowest BCUT2D eigenvalue weighted by Gasteiger charge is -2.44. The molecule has 1 N–H and O–H groups in total. The standard InChI is InChI=1S/C28H36F5N5O2/c1-5-26(3,25(40)18(2)39)38-11-7-19(8-12-38)20-14-23(35-24(15-20)37-13-9-27(29,30)17-37)36(4)22-16-21(6-10-34-22)28(31,32)33/h6,10,14-16,18-19,39H,5,7-9,11-13,17H2,1-4H3. The summed E-state index contributed by atoms with van der Waals surface area (Å²) in [6.45, 7) is 6.04. The van der Waals surface area contributed by atoms with E-state index < -0.39 is 35.8 Å². The summed E-state index contributed by atoms with van der Waals surface area (Å²) >= 11 is 0. The molecule has 0 aromatic carbocycles. The van der Waals surface area contributed by atoms with Crippen LogP contribution in [0.3, 0.4) is 0 Å². The second-order valence-electron chi connectivity index (χ2n) is 11.0. The molecule has 0 bridgehead atoms. The van der Waals surface area contributed by atoms with E-state index in [1.54, 1.807) is 19.2 Å². The minimum absolute atomic E-state index is 0.0190. The third kappa shape index (κ3) is 6.22. The van der Waals surface area contributed by atoms with Gasteiger partial charge in [0, 0.05) is 26.2 Å². The van der Waals surface area contributed by atoms with E-state index >= 15 is 0 Å². The van der Waals surface area contributed by atoms with Crippen LogP contribution in [0.25, 0.3) is 0 Å². The number of ketones is 1. The number of piperidine rings is 1. The molecule has 2 aliphatic rings. The van der Waals surface area contributed by atoms with Crippen molar-refractivity contribution in [3.63, 3.8) is 0 Å². The van der Waals surface area contributed by atoms with Gasteiger partial charge in [-0.15, -0.1) is 0 Å². The molecule has 220 valence electrons. The first kappa shape index (κ1) is 30.1. The molecule has 0 amide bonds. The summed E-state index contributed by atoms with van der Waals surface area (Å²) in [5.41, 5.74) is -0.809. The predicted octanol–water partition coefficient (Wildman–Crippen LogP) is 5.41. The molecule has 0 spiro atoms. The Morgan fingerprint density at radius 3 is 2.40 bits per heavy atom. The smallest absolute Gasteiger partial charge is 0.386 e. The Bertz CT molecular complexity index is 1220. The third-order valence-corrected chi connectivity index (χ3v) is 8.34. The van der Waals surface area contributed by atoms with E-state index in [0.29, 0.717) is 44.0 Å². The van der Waals surface area contributed by atoms with Crippen molar-refractivity contribution >= 4 is 23.2 Å². The highest BCUT2D eigenvalue weighted by atomic mass is 19.4. The molecule has 40 heavy (non-hydrogen) atoms. The lowest BCUT2D eigenvalue weighted by Crippen LogP contribution is -2.57. The van der Waals surface area contributed by atoms with Crippen molar-refractivity contribution in [2.75, 3.05) is 43.0 Å². The molecule has 4 rings (SSSR count). The molecule has 2 aromatic heterocycles. The minimum atomic E-state index is -4.55. The maximum atomic E-state index is 14.1. The van der Waals surface area contributed by atoms with Crippen LogP contribution in [0.5, 0.6) is 0 Å². The molecule has 2 fully saturated rings. The van der Waals surface area contributed by atoms with Gasteiger partial charge in [-0.05, 0) is 81.9 Å². The van der Waals surface area contributed by atoms with Gasteiger partial charge in [-0.1, -0.05) is 6.92 Å². The zero-order valence-corrected chi connectivity index (χ0v) is 23.2. The first-order valence-corrected chi connectivity index (χ1v) is 13.5. The summed E-state index contributed by atoms with van der Waals surface area (Å²) in [5.74, 6) is -2.38. The average Bonchev–Trinajstić information content (AvgIpc) is 3.30. The summed E-state index contributed by atoms with van der Waals surface area (Å²) < 4.78 is 68.2. The number of pyridine rings is 2. The fraction of sp³-hybridized carbons (Fsp3) is 0.607. The Kier molecular flexibility index (Phi) is 8.43. The molecule has 4 heterocycles. The molecular formula is C28H36F5N5O2. The predicted molar refractivity (Wildman–Crippen MR) is 142 cm³/mol. The Morgan fingerprint density at radius 2 is 1.85 bits per heavy atom. The van der Waals surface area contributed by atoms with E-state index in [2.05, 4.69) is 14.9 Å². The number of hydrogen-bond acceptors (Lipinski definition) is 7. The quantitative estimate of drug-likeness (QED) is 0.427. The number of halogens is 5. The number of aliphatic hydroxyl groups excluding tert-OH is 1. The third-order valence-electron chi connectivity index (χ3n) is 8.34. The van der Waals surface area contributed by atoms with Gasteiger partial charge in [0.1, 0.15) is 23.6 Å². The highest BCUT2D eigenvalue weighted by Gasteiger charge is 2.42. The molecule has 2 aromatic rings. The normalized spacial score (nSPS) is 20.8. The van der Waals surface area contributed by atoms with Crippen molar-refractivity contribution in [2.24, 2.45) is 0 Å². The van der Waals surface area contributed by atoms with Crippen LogP contribution < -0.4 is 9.80 Å². The van der Waals surface area contributed by atoms with E-state index in [-0.39, 0.29) is 30.5 Å². The SMILES string of the molecule is CCC(C)(C(=O)C(C)O)N1CCC(c2cc(N3CCC(F)(F)C3)nc(N(C)c3cc(C(F)(F)F)ccn3)c2)CC1. The van der Waals surface area contributed by atoms with Crippen molar-refractivity contribution in [1.82, 2.24) is 14.9 Å². The van der Waals surface area contributed by atoms with Crippen LogP contribution in [0.15, 0.2) is 30.5 Å². The monoisotopic (exact) mass is 569 g/mol. The van der Waals surface area contributed by atoms with Crippen LogP contribution in [-0.4, -0.2) is 76.5 Å². The number of hydrogen-bond donors (Lipinski definition) is 1. The fourth-order valence-corrected chi connectivity index (χ4v) is 5.63. The van der Waals surface area contributed by atoms with E-state index in [4.69, 9.17) is 0 Å². The number of Topliss-reactive ketones (excluding diaryl/α,β-unsaturated/α-hetero) is 1. The summed E-state index contributed by atoms with van der Waals surface area (Å²) in [6.07, 6.45) is -2.95. The maximum absolute atomic E-state index is 14.1. The molecule has 2 aliphatic heterocycles. The van der Waals surface area contributed by atoms with Crippen molar-refractivity contribution in [3.05, 3.63) is 41.6 Å². The highest BCUT2D eigenvalue weighted by Crippen LogP contribution is 2.39. The molecule has 7 nitrogen and oxygen atoms in total. The van der Waals surface area contributed by atoms with Crippen molar-refractivity contribution in [1.29, 1.82) is 0 Å². The first-order chi connectivity index (χ1) is 18.6. The zero-order chi connectivity index (χ0) is 29.5. The Labute approximate surface area is 231 Å². The van der Waals surface area contributed by atoms with Crippen molar-refractivity contribution in [3.8, 4) is 0 Å². The largest absolute Gasteiger partial charge is 0.416 e. The van der Waals surface area contributed by atoms with Gasteiger partial charge in [-0.25, -0.2) is 18.7 Å². The van der Waals surface area contributed by atoms with Crippen LogP contribution in [0.4, 0.5) is 39.4 Å². The van der Waals surface area contributed by atoms with Crippen LogP contribution in [0, 0.1) is 0 Å². The van der Waals surface area contributed by atoms with Gasteiger partial charge in [0.15, 0.2) is 5.78 Å². The van der Waals surface area contributed by atoms with Crippen molar-refractivity contribution < 1.29 is 31.9 Å². The number of aliphatic hydroxyl groups is 1. The van der Waals surface area contributed by atoms with E-state index in [0.717, 1.165) is 23.9 Å². The number of aromatic nitrogens is 2. The molecule has 0 radical (unpaired) electrons. The van der Waals surface area contributed by atoms with Gasteiger partial charge in [0.25, 0.3) is 5.92 Å². The van der Waals surface area contributed by atoms with Crippen LogP contribution in [0.2, 0.25) is 0 Å². The van der Waals surface area contributed by atoms with Gasteiger partial charge >= 0.3 is 6.18 Å². The molecule has 2 unspecified atom stereocenters. The van der Waals surface area contributed by atoms with Crippen molar-refractivity contribution in [2.45, 2.75) is 76.1 Å². The van der Waals surface area contributed by atoms with Crippen LogP contribution in [-0.2, 0) is 11.0 Å². The summed E-state index contributed by atoms with van der Waals surface area (Å²) in [4.78, 5) is 26.5. The van der Waals surface area contributed by atoms with Gasteiger partial charge in [0.05, 0.1) is 17.6 Å². The van der Waals surface area contributed by atoms with E-state index in [1.165, 1.54) is 16.7 Å². The number of alkyl halides is 5. The van der Waals surface area contributed by atoms with Gasteiger partial charge < -0.3 is 14.9 Å². The number of anilines is 3. The van der Waals surface area contributed by atoms with Gasteiger partial charge in [0.2, 0.25) is 0 Å². The molecule has 2 atom stereocenters. The first-order valence-electron chi connectivity index (χ1n) is 13.5. The minimum Gasteiger partial charge on any atom is -0.386 e. The lowest BCUT2D eigenvalue weighted by molar-refractivity contribution is -0.139. The lowest BCUT2D eigenvalue weighted by atomic mass is 9.83. The number of carbonyl (C=O) groups is 1. The van der Waals surface area contributed by atoms with Gasteiger partial charge in [-0.3, -0.25) is 9.69 Å². The second-order valence-corrected chi connectivity index (χ2v) is 11.0. The Hall–Kier alpha value is -2.86. The Balaban J connectivity index is 1.64. The zero-order valence-electron chi connectivity index (χ0n) is 23.2. The van der Waals surface area contributed by atoms with Gasteiger partial charge in [-0.2, -0.15) is 13.2 Å². The topological polar surface area (TPSA) is 72.8 Å². The summed E-state index contributed by atoms with van der Waals surface area (Å²) in [6, 6.07) is 5.39. The van der Waals surface area contributed by atoms with Crippen LogP contribution in [0.1, 0.15) is 63.5 Å². The Morgan fingerprint density at radius 1 is 1.18 bits per heavy atom. The summed E-state index contributed by atoms with van der Waals surface area (Å²) in [5, 5.41) is 9.94. The highest BCUT2D eigenvalue weighted by molar-refractivity contribution is 5.91. The number of likely N-dealkylation sites (tertiary alicyclic amines) is 1. The number of carbonyl (C=O) groups excluding carboxylic acids is 1. The van der Waals surface area contributed by atoms with E-state index in [9.17, 15) is 31.9 Å². The van der Waals surface area contributed by atoms with E-state index in [1.807, 2.05) is 13.8 Å². The number of rotatable bonds is 8. The number of nitrogens with zero attached hydrogens (tertiary/aromatic N) is 5. The maximum Gasteiger partial charge on any atom is 0.416 e. The average molecular weight is 570 g/mol. The molecule has 0 aliphatic carbocycles. The van der Waals surface area contributed by atoms with Crippen LogP contribution >= 0.6 is 0 Å². The molecule has 12 heteroatoms. The summed E-state index contributed by atoms with van der Waals surface area (Å²) in [7, 11) is 1.55. The molecular weight excluding hydrogens is 533 g/mol. The molecule has 2 saturated heterocycles. The fourth-order valence-electron chi connectivity index (χ4n) is 5.63. The second kappa shape index (κ2) is 11.2. The molecule has 0 saturated carbocycles.